The molecule has 0 aliphatic carbocycles. The van der Waals surface area contributed by atoms with E-state index in [2.05, 4.69) is 16.0 Å². The molecule has 15 heteroatoms. The fraction of sp³-hybridized carbons (Fsp3) is 0.778. The lowest BCUT2D eigenvalue weighted by atomic mass is 9.96. The Morgan fingerprint density at radius 3 is 2.00 bits per heavy atom. The molecule has 0 bridgehead atoms. The number of alkyl carbamates (subject to hydrolysis) is 1. The van der Waals surface area contributed by atoms with E-state index in [-0.39, 0.29) is 32.1 Å². The number of nitrogens with one attached hydrogen (secondary N) is 3. The summed E-state index contributed by atoms with van der Waals surface area (Å²) in [5.74, 6) is -2.75. The molecule has 1 aliphatic rings. The van der Waals surface area contributed by atoms with Crippen molar-refractivity contribution >= 4 is 35.8 Å². The van der Waals surface area contributed by atoms with Crippen LogP contribution in [0.3, 0.4) is 0 Å². The van der Waals surface area contributed by atoms with E-state index >= 15 is 0 Å². The molecule has 42 heavy (non-hydrogen) atoms. The monoisotopic (exact) mass is 603 g/mol. The number of carbonyl (C=O) groups is 6. The van der Waals surface area contributed by atoms with Crippen molar-refractivity contribution < 1.29 is 57.2 Å². The van der Waals surface area contributed by atoms with Gasteiger partial charge in [0.25, 0.3) is 0 Å². The minimum Gasteiger partial charge on any atom is -0.463 e. The van der Waals surface area contributed by atoms with E-state index in [1.807, 2.05) is 0 Å². The van der Waals surface area contributed by atoms with Crippen molar-refractivity contribution in [1.29, 1.82) is 0 Å². The molecule has 3 N–H and O–H groups in total. The van der Waals surface area contributed by atoms with E-state index in [0.717, 1.165) is 20.3 Å². The first-order valence-corrected chi connectivity index (χ1v) is 13.8. The Morgan fingerprint density at radius 1 is 0.786 bits per heavy atom. The average molecular weight is 604 g/mol. The topological polar surface area (TPSA) is 194 Å². The maximum absolute atomic E-state index is 12.2. The van der Waals surface area contributed by atoms with E-state index in [0.29, 0.717) is 19.4 Å². The van der Waals surface area contributed by atoms with Gasteiger partial charge in [0, 0.05) is 47.2 Å². The van der Waals surface area contributed by atoms with Crippen LogP contribution < -0.4 is 16.0 Å². The van der Waals surface area contributed by atoms with Crippen molar-refractivity contribution in [2.75, 3.05) is 26.3 Å². The summed E-state index contributed by atoms with van der Waals surface area (Å²) in [6, 6.07) is -1.09. The highest BCUT2D eigenvalue weighted by atomic mass is 16.7. The zero-order chi connectivity index (χ0) is 31.9. The van der Waals surface area contributed by atoms with Crippen LogP contribution in [0.5, 0.6) is 0 Å². The van der Waals surface area contributed by atoms with Crippen LogP contribution in [0.15, 0.2) is 0 Å². The summed E-state index contributed by atoms with van der Waals surface area (Å²) in [5.41, 5.74) is -0.568. The second kappa shape index (κ2) is 18.2. The number of carbonyl (C=O) groups excluding carboxylic acids is 6. The van der Waals surface area contributed by atoms with Crippen molar-refractivity contribution in [1.82, 2.24) is 16.0 Å². The van der Waals surface area contributed by atoms with Gasteiger partial charge in [0.05, 0.1) is 6.61 Å². The first-order valence-electron chi connectivity index (χ1n) is 13.8. The summed E-state index contributed by atoms with van der Waals surface area (Å²) in [5, 5.41) is 7.99. The third-order valence-corrected chi connectivity index (χ3v) is 5.53. The normalized spacial score (nSPS) is 21.8. The molecule has 1 heterocycles. The molecule has 240 valence electrons. The zero-order valence-electron chi connectivity index (χ0n) is 25.4. The van der Waals surface area contributed by atoms with Gasteiger partial charge in [0.15, 0.2) is 18.5 Å². The standard InChI is InChI=1S/C27H45N3O12/c1-16(31)30-22-24(40-19(4)34)23(39-18(3)33)20(15-38-17(2)32)41-25(22)37-14-13-28-21(35)11-9-8-10-12-29-26(36)42-27(5,6)7/h20,22-25H,8-15H2,1-7H3,(H,28,35)(H,29,36)(H,30,31)/t20-,22-,23+,24-,25+/m1/s1. The molecule has 0 saturated carbocycles. The van der Waals surface area contributed by atoms with Gasteiger partial charge in [-0.3, -0.25) is 24.0 Å². The Bertz CT molecular complexity index is 936. The Labute approximate surface area is 246 Å². The molecule has 0 aromatic heterocycles. The minimum absolute atomic E-state index is 0.0440. The zero-order valence-corrected chi connectivity index (χ0v) is 25.4. The average Bonchev–Trinajstić information content (AvgIpc) is 2.84. The van der Waals surface area contributed by atoms with Crippen LogP contribution in [0.4, 0.5) is 4.79 Å². The molecule has 1 saturated heterocycles. The number of esters is 3. The second-order valence-electron chi connectivity index (χ2n) is 10.7. The highest BCUT2D eigenvalue weighted by Gasteiger charge is 2.51. The molecule has 0 radical (unpaired) electrons. The molecule has 5 atom stereocenters. The summed E-state index contributed by atoms with van der Waals surface area (Å²) in [6.07, 6.45) is -2.94. The minimum atomic E-state index is -1.23. The summed E-state index contributed by atoms with van der Waals surface area (Å²) in [4.78, 5) is 70.9. The highest BCUT2D eigenvalue weighted by molar-refractivity contribution is 5.75. The maximum Gasteiger partial charge on any atom is 0.407 e. The first kappa shape index (κ1) is 36.6. The largest absolute Gasteiger partial charge is 0.463 e. The lowest BCUT2D eigenvalue weighted by molar-refractivity contribution is -0.277. The molecule has 15 nitrogen and oxygen atoms in total. The SMILES string of the molecule is CC(=O)N[C@H]1[C@@H](OCCNC(=O)CCCCCNC(=O)OC(C)(C)C)O[C@H](COC(C)=O)[C@H](OC(C)=O)[C@@H]1OC(C)=O. The van der Waals surface area contributed by atoms with E-state index < -0.39 is 66.2 Å². The third-order valence-electron chi connectivity index (χ3n) is 5.53. The Balaban J connectivity index is 2.66. The van der Waals surface area contributed by atoms with E-state index in [4.69, 9.17) is 28.4 Å². The quantitative estimate of drug-likeness (QED) is 0.136. The molecule has 3 amide bonds. The molecular formula is C27H45N3O12. The number of ether oxygens (including phenoxy) is 6. The predicted molar refractivity (Wildman–Crippen MR) is 146 cm³/mol. The second-order valence-corrected chi connectivity index (χ2v) is 10.7. The number of unbranched alkanes of at least 4 members (excludes halogenated alkanes) is 2. The van der Waals surface area contributed by atoms with Gasteiger partial charge in [0.2, 0.25) is 11.8 Å². The Morgan fingerprint density at radius 2 is 1.43 bits per heavy atom. The van der Waals surface area contributed by atoms with Crippen molar-refractivity contribution in [3.8, 4) is 0 Å². The first-order chi connectivity index (χ1) is 19.6. The molecule has 0 unspecified atom stereocenters. The number of rotatable bonds is 15. The van der Waals surface area contributed by atoms with Gasteiger partial charge in [-0.15, -0.1) is 0 Å². The van der Waals surface area contributed by atoms with Crippen molar-refractivity contribution in [3.05, 3.63) is 0 Å². The smallest absolute Gasteiger partial charge is 0.407 e. The van der Waals surface area contributed by atoms with Crippen molar-refractivity contribution in [2.24, 2.45) is 0 Å². The number of hydrogen-bond donors (Lipinski definition) is 3. The molecular weight excluding hydrogens is 558 g/mol. The summed E-state index contributed by atoms with van der Waals surface area (Å²) < 4.78 is 32.6. The van der Waals surface area contributed by atoms with E-state index in [9.17, 15) is 28.8 Å². The molecule has 0 aromatic rings. The number of hydrogen-bond acceptors (Lipinski definition) is 12. The molecule has 0 spiro atoms. The van der Waals surface area contributed by atoms with Crippen LogP contribution in [0.1, 0.15) is 74.1 Å². The lowest BCUT2D eigenvalue weighted by Gasteiger charge is -2.44. The lowest BCUT2D eigenvalue weighted by Crippen LogP contribution is -2.66. The number of amides is 3. The van der Waals surface area contributed by atoms with Crippen LogP contribution in [0.2, 0.25) is 0 Å². The Kier molecular flexibility index (Phi) is 15.8. The molecule has 1 fully saturated rings. The maximum atomic E-state index is 12.2. The molecule has 1 aliphatic heterocycles. The van der Waals surface area contributed by atoms with Crippen molar-refractivity contribution in [2.45, 2.75) is 110 Å². The summed E-state index contributed by atoms with van der Waals surface area (Å²) >= 11 is 0. The van der Waals surface area contributed by atoms with Gasteiger partial charge >= 0.3 is 24.0 Å². The van der Waals surface area contributed by atoms with Gasteiger partial charge in [0.1, 0.15) is 24.4 Å². The van der Waals surface area contributed by atoms with Gasteiger partial charge < -0.3 is 44.4 Å². The van der Waals surface area contributed by atoms with Crippen molar-refractivity contribution in [3.63, 3.8) is 0 Å². The van der Waals surface area contributed by atoms with Crippen LogP contribution in [0, 0.1) is 0 Å². The third kappa shape index (κ3) is 15.5. The predicted octanol–water partition coefficient (Wildman–Crippen LogP) is 0.860. The fourth-order valence-corrected chi connectivity index (χ4v) is 3.98. The fourth-order valence-electron chi connectivity index (χ4n) is 3.98. The summed E-state index contributed by atoms with van der Waals surface area (Å²) in [6.45, 7) is 10.2. The van der Waals surface area contributed by atoms with Crippen LogP contribution in [-0.4, -0.2) is 98.4 Å². The van der Waals surface area contributed by atoms with Gasteiger partial charge in [-0.1, -0.05) is 6.42 Å². The molecule has 0 aromatic carbocycles. The van der Waals surface area contributed by atoms with Crippen LogP contribution in [-0.2, 0) is 52.4 Å². The summed E-state index contributed by atoms with van der Waals surface area (Å²) in [7, 11) is 0. The highest BCUT2D eigenvalue weighted by Crippen LogP contribution is 2.28. The van der Waals surface area contributed by atoms with E-state index in [1.165, 1.54) is 13.8 Å². The van der Waals surface area contributed by atoms with Crippen LogP contribution >= 0.6 is 0 Å². The van der Waals surface area contributed by atoms with Gasteiger partial charge in [-0.05, 0) is 33.6 Å². The van der Waals surface area contributed by atoms with Gasteiger partial charge in [-0.2, -0.15) is 0 Å². The van der Waals surface area contributed by atoms with Gasteiger partial charge in [-0.25, -0.2) is 4.79 Å². The van der Waals surface area contributed by atoms with Crippen LogP contribution in [0.25, 0.3) is 0 Å². The molecule has 1 rings (SSSR count). The Hall–Kier alpha value is -3.46. The van der Waals surface area contributed by atoms with E-state index in [1.54, 1.807) is 20.8 Å².